The van der Waals surface area contributed by atoms with E-state index < -0.39 is 0 Å². The Hall–Kier alpha value is -2.09. The van der Waals surface area contributed by atoms with Gasteiger partial charge in [0.1, 0.15) is 11.6 Å². The fourth-order valence-electron chi connectivity index (χ4n) is 1.18. The van der Waals surface area contributed by atoms with E-state index in [-0.39, 0.29) is 18.4 Å². The van der Waals surface area contributed by atoms with Crippen LogP contribution >= 0.6 is 0 Å². The summed E-state index contributed by atoms with van der Waals surface area (Å²) < 4.78 is 0. The van der Waals surface area contributed by atoms with Crippen LogP contribution in [-0.2, 0) is 4.79 Å². The highest BCUT2D eigenvalue weighted by Crippen LogP contribution is 2.10. The molecular formula is C10H19N7O. The van der Waals surface area contributed by atoms with E-state index in [1.807, 2.05) is 13.8 Å². The molecule has 0 fully saturated rings. The smallest absolute Gasteiger partial charge is 0.239 e. The number of rotatable bonds is 6. The van der Waals surface area contributed by atoms with Crippen molar-refractivity contribution in [2.75, 3.05) is 29.6 Å². The fraction of sp³-hybridized carbons (Fsp3) is 0.500. The highest BCUT2D eigenvalue weighted by Gasteiger charge is 2.05. The van der Waals surface area contributed by atoms with Gasteiger partial charge in [0, 0.05) is 12.6 Å². The third-order valence-corrected chi connectivity index (χ3v) is 2.03. The molecule has 1 aromatic rings. The molecular weight excluding hydrogens is 234 g/mol. The van der Waals surface area contributed by atoms with E-state index in [4.69, 9.17) is 11.6 Å². The van der Waals surface area contributed by atoms with Gasteiger partial charge in [-0.1, -0.05) is 13.8 Å². The van der Waals surface area contributed by atoms with Crippen molar-refractivity contribution >= 4 is 23.5 Å². The summed E-state index contributed by atoms with van der Waals surface area (Å²) in [6.07, 6.45) is 0. The number of amides is 1. The zero-order valence-corrected chi connectivity index (χ0v) is 10.5. The van der Waals surface area contributed by atoms with E-state index in [9.17, 15) is 4.79 Å². The Morgan fingerprint density at radius 2 is 2.06 bits per heavy atom. The number of nitrogen functional groups attached to an aromatic ring is 2. The number of hydrazine groups is 1. The quantitative estimate of drug-likeness (QED) is 0.342. The Kier molecular flexibility index (Phi) is 5.12. The number of aromatic nitrogens is 2. The SMILES string of the molecule is CC(C)CNC(=O)CNc1cc(NN)nc(N)n1. The monoisotopic (exact) mass is 253 g/mol. The predicted octanol–water partition coefficient (Wildman–Crippen LogP) is -0.471. The van der Waals surface area contributed by atoms with Gasteiger partial charge < -0.3 is 21.8 Å². The summed E-state index contributed by atoms with van der Waals surface area (Å²) in [7, 11) is 0. The third kappa shape index (κ3) is 4.83. The normalized spacial score (nSPS) is 10.2. The molecule has 0 atom stereocenters. The van der Waals surface area contributed by atoms with Crippen LogP contribution in [0, 0.1) is 5.92 Å². The molecule has 1 rings (SSSR count). The van der Waals surface area contributed by atoms with Crippen LogP contribution in [0.4, 0.5) is 17.6 Å². The van der Waals surface area contributed by atoms with Crippen molar-refractivity contribution in [3.8, 4) is 0 Å². The number of nitrogens with zero attached hydrogens (tertiary/aromatic N) is 2. The maximum Gasteiger partial charge on any atom is 0.239 e. The molecule has 0 bridgehead atoms. The van der Waals surface area contributed by atoms with Gasteiger partial charge in [0.05, 0.1) is 6.54 Å². The zero-order chi connectivity index (χ0) is 13.5. The Labute approximate surface area is 106 Å². The van der Waals surface area contributed by atoms with E-state index >= 15 is 0 Å². The van der Waals surface area contributed by atoms with Gasteiger partial charge in [0.25, 0.3) is 0 Å². The van der Waals surface area contributed by atoms with Crippen molar-refractivity contribution in [3.63, 3.8) is 0 Å². The van der Waals surface area contributed by atoms with Crippen LogP contribution in [0.2, 0.25) is 0 Å². The van der Waals surface area contributed by atoms with E-state index in [1.54, 1.807) is 6.07 Å². The molecule has 18 heavy (non-hydrogen) atoms. The van der Waals surface area contributed by atoms with Gasteiger partial charge in [0.2, 0.25) is 11.9 Å². The van der Waals surface area contributed by atoms with Gasteiger partial charge in [0.15, 0.2) is 0 Å². The lowest BCUT2D eigenvalue weighted by Gasteiger charge is -2.09. The highest BCUT2D eigenvalue weighted by atomic mass is 16.1. The van der Waals surface area contributed by atoms with Crippen LogP contribution in [0.5, 0.6) is 0 Å². The van der Waals surface area contributed by atoms with Crippen LogP contribution in [-0.4, -0.2) is 29.0 Å². The van der Waals surface area contributed by atoms with E-state index in [0.29, 0.717) is 24.1 Å². The topological polar surface area (TPSA) is 131 Å². The second-order valence-electron chi connectivity index (χ2n) is 4.19. The molecule has 1 amide bonds. The second-order valence-corrected chi connectivity index (χ2v) is 4.19. The van der Waals surface area contributed by atoms with E-state index in [0.717, 1.165) is 0 Å². The summed E-state index contributed by atoms with van der Waals surface area (Å²) in [5, 5.41) is 5.62. The summed E-state index contributed by atoms with van der Waals surface area (Å²) in [6.45, 7) is 4.81. The molecule has 0 radical (unpaired) electrons. The molecule has 8 nitrogen and oxygen atoms in total. The standard InChI is InChI=1S/C10H19N7O/c1-6(2)4-14-9(18)5-13-7-3-8(17-12)16-10(11)15-7/h3,6H,4-5,12H2,1-2H3,(H,14,18)(H4,11,13,15,16,17). The van der Waals surface area contributed by atoms with Crippen LogP contribution < -0.4 is 27.6 Å². The number of nitrogens with two attached hydrogens (primary N) is 2. The summed E-state index contributed by atoms with van der Waals surface area (Å²) >= 11 is 0. The van der Waals surface area contributed by atoms with Gasteiger partial charge in [-0.2, -0.15) is 9.97 Å². The minimum Gasteiger partial charge on any atom is -0.368 e. The number of carbonyl (C=O) groups is 1. The molecule has 0 unspecified atom stereocenters. The molecule has 7 N–H and O–H groups in total. The zero-order valence-electron chi connectivity index (χ0n) is 10.5. The van der Waals surface area contributed by atoms with Crippen molar-refractivity contribution in [1.82, 2.24) is 15.3 Å². The maximum absolute atomic E-state index is 11.5. The Morgan fingerprint density at radius 1 is 1.39 bits per heavy atom. The highest BCUT2D eigenvalue weighted by molar-refractivity contribution is 5.80. The number of nitrogens with one attached hydrogen (secondary N) is 3. The lowest BCUT2D eigenvalue weighted by molar-refractivity contribution is -0.119. The number of hydrogen-bond donors (Lipinski definition) is 5. The second kappa shape index (κ2) is 6.60. The molecule has 0 spiro atoms. The molecule has 0 aromatic carbocycles. The van der Waals surface area contributed by atoms with Crippen LogP contribution in [0.3, 0.4) is 0 Å². The minimum atomic E-state index is -0.108. The van der Waals surface area contributed by atoms with E-state index in [1.165, 1.54) is 0 Å². The van der Waals surface area contributed by atoms with Crippen molar-refractivity contribution < 1.29 is 4.79 Å². The first-order valence-electron chi connectivity index (χ1n) is 5.63. The first-order valence-corrected chi connectivity index (χ1v) is 5.63. The lowest BCUT2D eigenvalue weighted by atomic mass is 10.2. The summed E-state index contributed by atoms with van der Waals surface area (Å²) in [5.74, 6) is 6.43. The molecule has 100 valence electrons. The average Bonchev–Trinajstić information content (AvgIpc) is 2.33. The van der Waals surface area contributed by atoms with Crippen LogP contribution in [0.25, 0.3) is 0 Å². The molecule has 1 aromatic heterocycles. The van der Waals surface area contributed by atoms with Gasteiger partial charge in [-0.15, -0.1) is 0 Å². The number of anilines is 3. The summed E-state index contributed by atoms with van der Waals surface area (Å²) in [4.78, 5) is 19.2. The van der Waals surface area contributed by atoms with Crippen molar-refractivity contribution in [2.45, 2.75) is 13.8 Å². The van der Waals surface area contributed by atoms with Gasteiger partial charge in [-0.25, -0.2) is 5.84 Å². The average molecular weight is 253 g/mol. The Morgan fingerprint density at radius 3 is 2.67 bits per heavy atom. The first-order chi connectivity index (χ1) is 8.51. The van der Waals surface area contributed by atoms with Crippen LogP contribution in [0.1, 0.15) is 13.8 Å². The lowest BCUT2D eigenvalue weighted by Crippen LogP contribution is -2.32. The minimum absolute atomic E-state index is 0.0792. The Bertz CT molecular complexity index is 407. The summed E-state index contributed by atoms with van der Waals surface area (Å²) in [5.41, 5.74) is 7.85. The number of hydrogen-bond acceptors (Lipinski definition) is 7. The molecule has 0 saturated carbocycles. The largest absolute Gasteiger partial charge is 0.368 e. The molecule has 0 aliphatic carbocycles. The summed E-state index contributed by atoms with van der Waals surface area (Å²) in [6, 6.07) is 1.56. The molecule has 0 saturated heterocycles. The number of carbonyl (C=O) groups excluding carboxylic acids is 1. The third-order valence-electron chi connectivity index (χ3n) is 2.03. The van der Waals surface area contributed by atoms with Crippen molar-refractivity contribution in [3.05, 3.63) is 6.07 Å². The predicted molar refractivity (Wildman–Crippen MR) is 70.6 cm³/mol. The molecule has 1 heterocycles. The van der Waals surface area contributed by atoms with Crippen molar-refractivity contribution in [2.24, 2.45) is 11.8 Å². The van der Waals surface area contributed by atoms with Gasteiger partial charge >= 0.3 is 0 Å². The van der Waals surface area contributed by atoms with E-state index in [2.05, 4.69) is 26.0 Å². The first kappa shape index (κ1) is 14.0. The van der Waals surface area contributed by atoms with Gasteiger partial charge in [-0.3, -0.25) is 4.79 Å². The molecule has 0 aliphatic heterocycles. The van der Waals surface area contributed by atoms with Crippen LogP contribution in [0.15, 0.2) is 6.07 Å². The van der Waals surface area contributed by atoms with Gasteiger partial charge in [-0.05, 0) is 5.92 Å². The fourth-order valence-corrected chi connectivity index (χ4v) is 1.18. The maximum atomic E-state index is 11.5. The molecule has 0 aliphatic rings. The van der Waals surface area contributed by atoms with Crippen molar-refractivity contribution in [1.29, 1.82) is 0 Å². The Balaban J connectivity index is 2.47. The molecule has 8 heteroatoms.